The summed E-state index contributed by atoms with van der Waals surface area (Å²) in [4.78, 5) is 0. The number of nitrogens with two attached hydrogens (primary N) is 1. The Morgan fingerprint density at radius 2 is 2.20 bits per heavy atom. The molecule has 1 saturated heterocycles. The predicted octanol–water partition coefficient (Wildman–Crippen LogP) is -2.01. The van der Waals surface area contributed by atoms with Crippen LogP contribution < -0.4 is 5.73 Å². The summed E-state index contributed by atoms with van der Waals surface area (Å²) in [6.07, 6.45) is 0. The smallest absolute Gasteiger partial charge is 0.115 e. The molecule has 0 saturated carbocycles. The van der Waals surface area contributed by atoms with Gasteiger partial charge in [-0.2, -0.15) is 0 Å². The van der Waals surface area contributed by atoms with Gasteiger partial charge in [-0.15, -0.1) is 0 Å². The van der Waals surface area contributed by atoms with E-state index in [1.54, 1.807) is 0 Å². The van der Waals surface area contributed by atoms with E-state index in [2.05, 4.69) is 0 Å². The van der Waals surface area contributed by atoms with E-state index in [0.29, 0.717) is 0 Å². The lowest BCUT2D eigenvalue weighted by atomic mass is 10.8. The minimum atomic E-state index is -0.111. The molecule has 0 radical (unpaired) electrons. The van der Waals surface area contributed by atoms with Crippen LogP contribution in [-0.4, -0.2) is 22.2 Å². The summed E-state index contributed by atoms with van der Waals surface area (Å²) in [6.45, 7) is 0.791. The molecular formula is C2H7NOSi. The Morgan fingerprint density at radius 1 is 2.00 bits per heavy atom. The van der Waals surface area contributed by atoms with Crippen molar-refractivity contribution in [3.63, 3.8) is 0 Å². The van der Waals surface area contributed by atoms with Crippen molar-refractivity contribution in [1.29, 1.82) is 0 Å². The van der Waals surface area contributed by atoms with Gasteiger partial charge in [-0.25, -0.2) is 0 Å². The molecule has 1 aliphatic rings. The molecule has 2 N–H and O–H groups in total. The Kier molecular flexibility index (Phi) is 0.410. The lowest BCUT2D eigenvalue weighted by Crippen LogP contribution is -2.22. The number of rotatable bonds is 0. The zero-order chi connectivity index (χ0) is 3.91. The summed E-state index contributed by atoms with van der Waals surface area (Å²) in [5.74, 6) is 0. The first kappa shape index (κ1) is 3.33. The van der Waals surface area contributed by atoms with Gasteiger partial charge in [-0.05, 0) is 0 Å². The minimum absolute atomic E-state index is 0.111. The van der Waals surface area contributed by atoms with Gasteiger partial charge < -0.3 is 10.5 Å². The van der Waals surface area contributed by atoms with Crippen LogP contribution in [0.25, 0.3) is 0 Å². The van der Waals surface area contributed by atoms with Gasteiger partial charge in [0.05, 0.1) is 16.8 Å². The largest absolute Gasteiger partial charge is 0.359 e. The topological polar surface area (TPSA) is 38.5 Å². The third-order valence-electron chi connectivity index (χ3n) is 0.600. The molecule has 1 unspecified atom stereocenters. The van der Waals surface area contributed by atoms with Gasteiger partial charge in [0, 0.05) is 0 Å². The van der Waals surface area contributed by atoms with Crippen LogP contribution >= 0.6 is 0 Å². The lowest BCUT2D eigenvalue weighted by Gasteiger charge is -1.83. The van der Waals surface area contributed by atoms with E-state index >= 15 is 0 Å². The Hall–Kier alpha value is 0.137. The summed E-state index contributed by atoms with van der Waals surface area (Å²) in [6, 6.07) is 0. The van der Waals surface area contributed by atoms with E-state index < -0.39 is 0 Å². The average molecular weight is 89.2 g/mol. The second-order valence-corrected chi connectivity index (χ2v) is 3.29. The fourth-order valence-electron chi connectivity index (χ4n) is 0.114. The second-order valence-electron chi connectivity index (χ2n) is 1.60. The monoisotopic (exact) mass is 89.0 g/mol. The van der Waals surface area contributed by atoms with Crippen LogP contribution in [0.4, 0.5) is 0 Å². The summed E-state index contributed by atoms with van der Waals surface area (Å²) in [7, 11) is 0.975. The van der Waals surface area contributed by atoms with Gasteiger partial charge in [0.1, 0.15) is 5.35 Å². The van der Waals surface area contributed by atoms with Crippen LogP contribution in [0, 0.1) is 0 Å². The highest BCUT2D eigenvalue weighted by atomic mass is 28.1. The second kappa shape index (κ2) is 0.615. The molecule has 30 valence electrons. The van der Waals surface area contributed by atoms with E-state index in [1.807, 2.05) is 0 Å². The third kappa shape index (κ3) is 0.716. The molecule has 2 nitrogen and oxygen atoms in total. The Labute approximate surface area is 33.7 Å². The Bertz CT molecular complexity index is 47.6. The van der Waals surface area contributed by atoms with Crippen LogP contribution in [0.2, 0.25) is 0 Å². The summed E-state index contributed by atoms with van der Waals surface area (Å²) in [5.41, 5.74) is 5.30. The quantitative estimate of drug-likeness (QED) is 0.275. The zero-order valence-corrected chi connectivity index (χ0v) is 5.19. The summed E-state index contributed by atoms with van der Waals surface area (Å²) < 4.78 is 4.74. The fourth-order valence-corrected chi connectivity index (χ4v) is 0.258. The molecule has 3 heteroatoms. The van der Waals surface area contributed by atoms with Crippen molar-refractivity contribution in [1.82, 2.24) is 0 Å². The van der Waals surface area contributed by atoms with Crippen molar-refractivity contribution in [3.8, 4) is 0 Å². The maximum atomic E-state index is 5.30. The summed E-state index contributed by atoms with van der Waals surface area (Å²) >= 11 is 0. The van der Waals surface area contributed by atoms with Gasteiger partial charge in [0.2, 0.25) is 0 Å². The molecule has 0 aromatic carbocycles. The van der Waals surface area contributed by atoms with Gasteiger partial charge in [0.25, 0.3) is 0 Å². The normalized spacial score (nSPS) is 49.8. The van der Waals surface area contributed by atoms with Crippen LogP contribution in [0.15, 0.2) is 0 Å². The van der Waals surface area contributed by atoms with Crippen LogP contribution in [-0.2, 0) is 4.74 Å². The SMILES string of the molecule is NC1([SiH3])CO1. The molecule has 0 bridgehead atoms. The lowest BCUT2D eigenvalue weighted by molar-refractivity contribution is 0.386. The molecule has 1 aliphatic heterocycles. The first-order valence-corrected chi connectivity index (χ1v) is 2.64. The minimum Gasteiger partial charge on any atom is -0.359 e. The highest BCUT2D eigenvalue weighted by molar-refractivity contribution is 6.15. The molecule has 5 heavy (non-hydrogen) atoms. The van der Waals surface area contributed by atoms with E-state index in [9.17, 15) is 0 Å². The fraction of sp³-hybridized carbons (Fsp3) is 1.00. The molecule has 0 spiro atoms. The number of ether oxygens (including phenoxy) is 1. The molecule has 0 aromatic rings. The summed E-state index contributed by atoms with van der Waals surface area (Å²) in [5, 5.41) is -0.111. The third-order valence-corrected chi connectivity index (χ3v) is 1.18. The standard InChI is InChI=1S/C2H7NOSi/c3-2(5)1-4-2/h1,3H2,5H3. The number of hydrogen-bond acceptors (Lipinski definition) is 2. The van der Waals surface area contributed by atoms with Crippen molar-refractivity contribution < 1.29 is 4.74 Å². The molecule has 1 fully saturated rings. The molecular weight excluding hydrogens is 82.1 g/mol. The van der Waals surface area contributed by atoms with Crippen molar-refractivity contribution in [3.05, 3.63) is 0 Å². The highest BCUT2D eigenvalue weighted by Gasteiger charge is 2.32. The first-order valence-electron chi connectivity index (χ1n) is 1.64. The number of epoxide rings is 1. The average Bonchev–Trinajstić information content (AvgIpc) is 1.76. The molecule has 0 aliphatic carbocycles. The van der Waals surface area contributed by atoms with Crippen molar-refractivity contribution in [2.24, 2.45) is 5.73 Å². The van der Waals surface area contributed by atoms with Crippen molar-refractivity contribution in [2.45, 2.75) is 5.35 Å². The Morgan fingerprint density at radius 3 is 2.20 bits per heavy atom. The van der Waals surface area contributed by atoms with Crippen molar-refractivity contribution >= 4 is 10.2 Å². The number of hydrogen-bond donors (Lipinski definition) is 1. The maximum absolute atomic E-state index is 5.30. The van der Waals surface area contributed by atoms with Gasteiger partial charge in [-0.3, -0.25) is 0 Å². The van der Waals surface area contributed by atoms with E-state index in [0.717, 1.165) is 16.8 Å². The molecule has 1 atom stereocenters. The van der Waals surface area contributed by atoms with E-state index in [4.69, 9.17) is 10.5 Å². The first-order chi connectivity index (χ1) is 2.21. The maximum Gasteiger partial charge on any atom is 0.115 e. The van der Waals surface area contributed by atoms with Gasteiger partial charge in [-0.1, -0.05) is 0 Å². The van der Waals surface area contributed by atoms with Crippen LogP contribution in [0.5, 0.6) is 0 Å². The van der Waals surface area contributed by atoms with Crippen LogP contribution in [0.1, 0.15) is 0 Å². The van der Waals surface area contributed by atoms with Gasteiger partial charge >= 0.3 is 0 Å². The van der Waals surface area contributed by atoms with E-state index in [-0.39, 0.29) is 5.35 Å². The molecule has 1 rings (SSSR count). The van der Waals surface area contributed by atoms with Gasteiger partial charge in [0.15, 0.2) is 0 Å². The molecule has 0 amide bonds. The van der Waals surface area contributed by atoms with E-state index in [1.165, 1.54) is 0 Å². The predicted molar refractivity (Wildman–Crippen MR) is 22.8 cm³/mol. The Balaban J connectivity index is 2.38. The highest BCUT2D eigenvalue weighted by Crippen LogP contribution is 2.12. The molecule has 0 aromatic heterocycles. The zero-order valence-electron chi connectivity index (χ0n) is 3.19. The molecule has 1 heterocycles. The van der Waals surface area contributed by atoms with Crippen LogP contribution in [0.3, 0.4) is 0 Å². The van der Waals surface area contributed by atoms with Crippen molar-refractivity contribution in [2.75, 3.05) is 6.61 Å².